The molecule has 1 aliphatic heterocycles. The summed E-state index contributed by atoms with van der Waals surface area (Å²) in [5.41, 5.74) is 3.06. The van der Waals surface area contributed by atoms with Crippen LogP contribution in [0.4, 0.5) is 8.78 Å². The van der Waals surface area contributed by atoms with E-state index in [4.69, 9.17) is 0 Å². The second-order valence-electron chi connectivity index (χ2n) is 7.35. The lowest BCUT2D eigenvalue weighted by Crippen LogP contribution is -2.08. The molecule has 3 heterocycles. The van der Waals surface area contributed by atoms with Gasteiger partial charge >= 0.3 is 0 Å². The van der Waals surface area contributed by atoms with Crippen molar-refractivity contribution < 1.29 is 13.6 Å². The Labute approximate surface area is 171 Å². The highest BCUT2D eigenvalue weighted by Gasteiger charge is 2.22. The summed E-state index contributed by atoms with van der Waals surface area (Å²) < 4.78 is 31.8. The second-order valence-corrected chi connectivity index (χ2v) is 7.35. The average Bonchev–Trinajstić information content (AvgIpc) is 3.39. The van der Waals surface area contributed by atoms with E-state index < -0.39 is 17.4 Å². The first-order valence-corrected chi connectivity index (χ1v) is 9.76. The number of Topliss-reactive ketones (excluding diaryl/α,β-unsaturated/α-hetero) is 1. The molecule has 0 saturated carbocycles. The van der Waals surface area contributed by atoms with Crippen LogP contribution < -0.4 is 0 Å². The van der Waals surface area contributed by atoms with Crippen LogP contribution in [-0.4, -0.2) is 24.9 Å². The lowest BCUT2D eigenvalue weighted by Gasteiger charge is -2.12. The van der Waals surface area contributed by atoms with E-state index in [0.29, 0.717) is 0 Å². The van der Waals surface area contributed by atoms with Gasteiger partial charge in [-0.1, -0.05) is 12.1 Å². The Morgan fingerprint density at radius 2 is 1.93 bits per heavy atom. The Balaban J connectivity index is 1.53. The largest absolute Gasteiger partial charge is 0.306 e. The van der Waals surface area contributed by atoms with Gasteiger partial charge in [0.25, 0.3) is 0 Å². The summed E-state index contributed by atoms with van der Waals surface area (Å²) in [6.45, 7) is 0. The number of aryl methyl sites for hydroxylation is 2. The van der Waals surface area contributed by atoms with E-state index in [0.717, 1.165) is 54.2 Å². The standard InChI is InChI=1S/C23H18F2N4O/c24-18-4-2-5-19(25)17(18)12-22(30)20-13-29-21-11-16(28-10-9-26-14-28)8-7-15(21)3-1-6-23(29)27-20/h2,4-5,7-11,13-14H,1,3,6,12H2. The number of rotatable bonds is 4. The summed E-state index contributed by atoms with van der Waals surface area (Å²) in [6, 6.07) is 9.75. The fourth-order valence-corrected chi connectivity index (χ4v) is 3.89. The van der Waals surface area contributed by atoms with Crippen LogP contribution in [-0.2, 0) is 19.3 Å². The second kappa shape index (κ2) is 7.33. The number of carbonyl (C=O) groups is 1. The highest BCUT2D eigenvalue weighted by molar-refractivity contribution is 5.95. The number of hydrogen-bond donors (Lipinski definition) is 0. The number of carbonyl (C=O) groups excluding carboxylic acids is 1. The predicted molar refractivity (Wildman–Crippen MR) is 107 cm³/mol. The Morgan fingerprint density at radius 3 is 2.70 bits per heavy atom. The minimum absolute atomic E-state index is 0.216. The van der Waals surface area contributed by atoms with Gasteiger partial charge in [0, 0.05) is 42.7 Å². The quantitative estimate of drug-likeness (QED) is 0.478. The van der Waals surface area contributed by atoms with E-state index >= 15 is 0 Å². The molecule has 5 nitrogen and oxygen atoms in total. The van der Waals surface area contributed by atoms with Gasteiger partial charge in [-0.05, 0) is 42.7 Å². The van der Waals surface area contributed by atoms with Gasteiger partial charge in [0.1, 0.15) is 23.2 Å². The third-order valence-corrected chi connectivity index (χ3v) is 5.44. The molecular formula is C23H18F2N4O. The lowest BCUT2D eigenvalue weighted by molar-refractivity contribution is 0.0986. The van der Waals surface area contributed by atoms with Gasteiger partial charge in [-0.15, -0.1) is 0 Å². The Bertz CT molecular complexity index is 1220. The van der Waals surface area contributed by atoms with E-state index in [-0.39, 0.29) is 17.7 Å². The van der Waals surface area contributed by atoms with Gasteiger partial charge in [-0.2, -0.15) is 0 Å². The van der Waals surface area contributed by atoms with Crippen LogP contribution in [0.2, 0.25) is 0 Å². The molecule has 150 valence electrons. The van der Waals surface area contributed by atoms with Crippen LogP contribution in [0.25, 0.3) is 11.4 Å². The van der Waals surface area contributed by atoms with Crippen molar-refractivity contribution in [1.29, 1.82) is 0 Å². The van der Waals surface area contributed by atoms with Gasteiger partial charge in [-0.25, -0.2) is 18.7 Å². The summed E-state index contributed by atoms with van der Waals surface area (Å²) in [4.78, 5) is 21.4. The minimum Gasteiger partial charge on any atom is -0.306 e. The van der Waals surface area contributed by atoms with Crippen LogP contribution in [0.3, 0.4) is 0 Å². The fraction of sp³-hybridized carbons (Fsp3) is 0.174. The van der Waals surface area contributed by atoms with Crippen molar-refractivity contribution in [3.05, 3.63) is 95.6 Å². The van der Waals surface area contributed by atoms with E-state index in [1.54, 1.807) is 18.7 Å². The molecule has 0 bridgehead atoms. The number of halogens is 2. The number of nitrogens with zero attached hydrogens (tertiary/aromatic N) is 4. The third kappa shape index (κ3) is 3.22. The molecule has 30 heavy (non-hydrogen) atoms. The van der Waals surface area contributed by atoms with Crippen molar-refractivity contribution in [3.8, 4) is 11.4 Å². The van der Waals surface area contributed by atoms with E-state index in [9.17, 15) is 13.6 Å². The Morgan fingerprint density at radius 1 is 1.10 bits per heavy atom. The van der Waals surface area contributed by atoms with Crippen molar-refractivity contribution in [2.45, 2.75) is 25.7 Å². The molecule has 0 radical (unpaired) electrons. The molecule has 2 aromatic heterocycles. The first-order valence-electron chi connectivity index (χ1n) is 9.76. The molecule has 4 aromatic rings. The lowest BCUT2D eigenvalue weighted by atomic mass is 10.1. The fourth-order valence-electron chi connectivity index (χ4n) is 3.89. The average molecular weight is 404 g/mol. The van der Waals surface area contributed by atoms with Crippen LogP contribution in [0.1, 0.15) is 33.9 Å². The van der Waals surface area contributed by atoms with E-state index in [1.807, 2.05) is 27.5 Å². The normalized spacial score (nSPS) is 12.9. The third-order valence-electron chi connectivity index (χ3n) is 5.44. The smallest absolute Gasteiger partial charge is 0.187 e. The zero-order valence-corrected chi connectivity index (χ0v) is 16.1. The molecule has 0 atom stereocenters. The molecular weight excluding hydrogens is 386 g/mol. The molecule has 0 N–H and O–H groups in total. The molecule has 0 aliphatic carbocycles. The summed E-state index contributed by atoms with van der Waals surface area (Å²) in [5, 5.41) is 0. The van der Waals surface area contributed by atoms with Gasteiger partial charge in [0.15, 0.2) is 5.78 Å². The first-order chi connectivity index (χ1) is 14.6. The highest BCUT2D eigenvalue weighted by atomic mass is 19.1. The topological polar surface area (TPSA) is 52.7 Å². The molecule has 0 saturated heterocycles. The first kappa shape index (κ1) is 18.4. The van der Waals surface area contributed by atoms with Crippen molar-refractivity contribution >= 4 is 5.78 Å². The van der Waals surface area contributed by atoms with Crippen molar-refractivity contribution in [2.24, 2.45) is 0 Å². The molecule has 7 heteroatoms. The number of imidazole rings is 2. The number of ketones is 1. The maximum atomic E-state index is 14.0. The SMILES string of the molecule is O=C(Cc1c(F)cccc1F)c1cn2c(n1)CCCc1ccc(-n3ccnc3)cc1-2. The zero-order valence-electron chi connectivity index (χ0n) is 16.1. The molecule has 0 spiro atoms. The van der Waals surface area contributed by atoms with Crippen molar-refractivity contribution in [2.75, 3.05) is 0 Å². The molecule has 2 aromatic carbocycles. The minimum atomic E-state index is -0.723. The summed E-state index contributed by atoms with van der Waals surface area (Å²) in [6.07, 6.45) is 9.16. The summed E-state index contributed by atoms with van der Waals surface area (Å²) in [5.74, 6) is -1.08. The molecule has 5 rings (SSSR count). The number of hydrogen-bond acceptors (Lipinski definition) is 3. The van der Waals surface area contributed by atoms with E-state index in [2.05, 4.69) is 16.0 Å². The monoisotopic (exact) mass is 404 g/mol. The Hall–Kier alpha value is -3.61. The zero-order chi connectivity index (χ0) is 20.7. The molecule has 0 fully saturated rings. The maximum absolute atomic E-state index is 14.0. The molecule has 0 unspecified atom stereocenters. The Kier molecular flexibility index (Phi) is 4.50. The summed E-state index contributed by atoms with van der Waals surface area (Å²) in [7, 11) is 0. The van der Waals surface area contributed by atoms with Gasteiger partial charge < -0.3 is 9.13 Å². The van der Waals surface area contributed by atoms with Gasteiger partial charge in [0.05, 0.1) is 12.0 Å². The van der Waals surface area contributed by atoms with Gasteiger partial charge in [-0.3, -0.25) is 4.79 Å². The number of fused-ring (bicyclic) bond motifs is 3. The number of aromatic nitrogens is 4. The van der Waals surface area contributed by atoms with Crippen molar-refractivity contribution in [3.63, 3.8) is 0 Å². The predicted octanol–water partition coefficient (Wildman–Crippen LogP) is 4.25. The van der Waals surface area contributed by atoms with Gasteiger partial charge in [0.2, 0.25) is 0 Å². The van der Waals surface area contributed by atoms with E-state index in [1.165, 1.54) is 6.07 Å². The highest BCUT2D eigenvalue weighted by Crippen LogP contribution is 2.27. The number of benzene rings is 2. The van der Waals surface area contributed by atoms with Crippen LogP contribution in [0, 0.1) is 11.6 Å². The van der Waals surface area contributed by atoms with Crippen LogP contribution in [0.15, 0.2) is 61.3 Å². The summed E-state index contributed by atoms with van der Waals surface area (Å²) >= 11 is 0. The maximum Gasteiger partial charge on any atom is 0.187 e. The molecule has 1 aliphatic rings. The van der Waals surface area contributed by atoms with Crippen LogP contribution >= 0.6 is 0 Å². The van der Waals surface area contributed by atoms with Crippen molar-refractivity contribution in [1.82, 2.24) is 19.1 Å². The molecule has 0 amide bonds. The van der Waals surface area contributed by atoms with Crippen LogP contribution in [0.5, 0.6) is 0 Å².